The molecule has 2 heterocycles. The number of carbonyl (C=O) groups excluding carboxylic acids is 2. The molecule has 0 bridgehead atoms. The Morgan fingerprint density at radius 3 is 2.50 bits per heavy atom. The van der Waals surface area contributed by atoms with E-state index in [0.29, 0.717) is 18.8 Å². The van der Waals surface area contributed by atoms with E-state index in [0.717, 1.165) is 22.9 Å². The fraction of sp³-hybridized carbons (Fsp3) is 0.688. The van der Waals surface area contributed by atoms with Crippen LogP contribution in [-0.4, -0.2) is 59.8 Å². The Kier molecular flexibility index (Phi) is 5.82. The number of amides is 2. The highest BCUT2D eigenvalue weighted by molar-refractivity contribution is 7.09. The third kappa shape index (κ3) is 4.67. The second-order valence-corrected chi connectivity index (χ2v) is 7.69. The normalized spacial score (nSPS) is 16.1. The summed E-state index contributed by atoms with van der Waals surface area (Å²) in [5, 5.41) is 3.85. The van der Waals surface area contributed by atoms with Crippen LogP contribution in [0.5, 0.6) is 0 Å². The van der Waals surface area contributed by atoms with Crippen LogP contribution in [-0.2, 0) is 9.57 Å². The molecular weight excluding hydrogens is 330 g/mol. The van der Waals surface area contributed by atoms with Crippen molar-refractivity contribution in [2.45, 2.75) is 45.1 Å². The van der Waals surface area contributed by atoms with Gasteiger partial charge in [-0.05, 0) is 33.6 Å². The fourth-order valence-electron chi connectivity index (χ4n) is 2.45. The summed E-state index contributed by atoms with van der Waals surface area (Å²) in [6.45, 7) is 6.87. The van der Waals surface area contributed by atoms with E-state index in [4.69, 9.17) is 9.57 Å². The smallest absolute Gasteiger partial charge is 0.410 e. The van der Waals surface area contributed by atoms with Gasteiger partial charge >= 0.3 is 6.09 Å². The number of likely N-dealkylation sites (tertiary alicyclic amines) is 1. The number of hydroxylamine groups is 2. The van der Waals surface area contributed by atoms with Gasteiger partial charge in [-0.2, -0.15) is 0 Å². The maximum atomic E-state index is 12.1. The summed E-state index contributed by atoms with van der Waals surface area (Å²) >= 11 is 1.48. The Morgan fingerprint density at radius 1 is 1.33 bits per heavy atom. The molecule has 0 unspecified atom stereocenters. The van der Waals surface area contributed by atoms with E-state index in [-0.39, 0.29) is 17.9 Å². The van der Waals surface area contributed by atoms with Crippen molar-refractivity contribution in [2.75, 3.05) is 27.2 Å². The van der Waals surface area contributed by atoms with Crippen molar-refractivity contribution in [1.82, 2.24) is 14.9 Å². The van der Waals surface area contributed by atoms with Crippen molar-refractivity contribution in [1.29, 1.82) is 0 Å². The van der Waals surface area contributed by atoms with Gasteiger partial charge in [0.2, 0.25) is 0 Å². The van der Waals surface area contributed by atoms with Gasteiger partial charge in [-0.1, -0.05) is 0 Å². The van der Waals surface area contributed by atoms with Crippen LogP contribution in [0.2, 0.25) is 0 Å². The van der Waals surface area contributed by atoms with Crippen LogP contribution < -0.4 is 0 Å². The molecule has 1 fully saturated rings. The molecule has 134 valence electrons. The Labute approximate surface area is 146 Å². The summed E-state index contributed by atoms with van der Waals surface area (Å²) in [6.07, 6.45) is 1.37. The lowest BCUT2D eigenvalue weighted by Gasteiger charge is -2.32. The topological polar surface area (TPSA) is 72.0 Å². The van der Waals surface area contributed by atoms with Gasteiger partial charge in [0.15, 0.2) is 0 Å². The summed E-state index contributed by atoms with van der Waals surface area (Å²) < 4.78 is 5.40. The Hall–Kier alpha value is -1.67. The molecule has 8 heteroatoms. The van der Waals surface area contributed by atoms with Crippen LogP contribution in [0.1, 0.15) is 55.0 Å². The van der Waals surface area contributed by atoms with Gasteiger partial charge in [0.25, 0.3) is 5.91 Å². The molecule has 1 aliphatic heterocycles. The first kappa shape index (κ1) is 18.7. The van der Waals surface area contributed by atoms with Crippen LogP contribution in [0.3, 0.4) is 0 Å². The lowest BCUT2D eigenvalue weighted by atomic mass is 9.98. The van der Waals surface area contributed by atoms with Crippen molar-refractivity contribution in [3.8, 4) is 0 Å². The summed E-state index contributed by atoms with van der Waals surface area (Å²) in [5.41, 5.74) is -0.0831. The Bertz CT molecular complexity index is 588. The van der Waals surface area contributed by atoms with Crippen molar-refractivity contribution in [3.05, 3.63) is 16.1 Å². The zero-order chi connectivity index (χ0) is 17.9. The minimum absolute atomic E-state index is 0.258. The van der Waals surface area contributed by atoms with Gasteiger partial charge < -0.3 is 9.64 Å². The van der Waals surface area contributed by atoms with E-state index < -0.39 is 5.60 Å². The molecule has 0 spiro atoms. The van der Waals surface area contributed by atoms with Crippen LogP contribution >= 0.6 is 11.3 Å². The molecule has 0 radical (unpaired) electrons. The maximum Gasteiger partial charge on any atom is 0.410 e. The molecule has 2 amide bonds. The van der Waals surface area contributed by atoms with Crippen molar-refractivity contribution in [3.63, 3.8) is 0 Å². The predicted octanol–water partition coefficient (Wildman–Crippen LogP) is 2.89. The zero-order valence-electron chi connectivity index (χ0n) is 14.9. The molecule has 0 aromatic carbocycles. The quantitative estimate of drug-likeness (QED) is 0.780. The first-order valence-electron chi connectivity index (χ1n) is 7.97. The number of piperidine rings is 1. The lowest BCUT2D eigenvalue weighted by molar-refractivity contribution is -0.0760. The number of nitrogens with zero attached hydrogens (tertiary/aromatic N) is 3. The summed E-state index contributed by atoms with van der Waals surface area (Å²) in [4.78, 5) is 35.2. The van der Waals surface area contributed by atoms with E-state index in [1.54, 1.807) is 17.3 Å². The molecule has 0 saturated carbocycles. The molecule has 1 aliphatic rings. The van der Waals surface area contributed by atoms with Gasteiger partial charge in [-0.3, -0.25) is 9.63 Å². The first-order valence-corrected chi connectivity index (χ1v) is 8.84. The standard InChI is InChI=1S/C16H25N3O4S/c1-16(2,3)23-15(21)19-8-6-11(7-9-19)13-17-12(10-24-13)14(20)18(4)22-5/h10-11H,6-9H2,1-5H3. The molecule has 24 heavy (non-hydrogen) atoms. The fourth-order valence-corrected chi connectivity index (χ4v) is 3.42. The zero-order valence-corrected chi connectivity index (χ0v) is 15.7. The molecule has 0 atom stereocenters. The summed E-state index contributed by atoms with van der Waals surface area (Å²) in [6, 6.07) is 0. The van der Waals surface area contributed by atoms with E-state index in [9.17, 15) is 9.59 Å². The average molecular weight is 355 g/mol. The predicted molar refractivity (Wildman–Crippen MR) is 91.0 cm³/mol. The third-order valence-electron chi connectivity index (χ3n) is 3.80. The first-order chi connectivity index (χ1) is 11.2. The van der Waals surface area contributed by atoms with E-state index in [2.05, 4.69) is 4.98 Å². The highest BCUT2D eigenvalue weighted by atomic mass is 32.1. The van der Waals surface area contributed by atoms with E-state index >= 15 is 0 Å². The van der Waals surface area contributed by atoms with Gasteiger partial charge in [0.05, 0.1) is 12.1 Å². The number of aromatic nitrogens is 1. The van der Waals surface area contributed by atoms with Crippen molar-refractivity contribution in [2.24, 2.45) is 0 Å². The second-order valence-electron chi connectivity index (χ2n) is 6.80. The highest BCUT2D eigenvalue weighted by Crippen LogP contribution is 2.31. The minimum Gasteiger partial charge on any atom is -0.444 e. The molecule has 1 aromatic heterocycles. The number of carbonyl (C=O) groups is 2. The molecule has 1 saturated heterocycles. The van der Waals surface area contributed by atoms with Gasteiger partial charge in [0, 0.05) is 31.4 Å². The Balaban J connectivity index is 1.92. The van der Waals surface area contributed by atoms with Crippen molar-refractivity contribution >= 4 is 23.3 Å². The average Bonchev–Trinajstić information content (AvgIpc) is 3.01. The second kappa shape index (κ2) is 7.48. The number of rotatable bonds is 3. The number of ether oxygens (including phenoxy) is 1. The van der Waals surface area contributed by atoms with Crippen molar-refractivity contribution < 1.29 is 19.2 Å². The number of hydrogen-bond donors (Lipinski definition) is 0. The summed E-state index contributed by atoms with van der Waals surface area (Å²) in [5.74, 6) is 0.00859. The molecule has 0 aliphatic carbocycles. The molecule has 7 nitrogen and oxygen atoms in total. The van der Waals surface area contributed by atoms with Gasteiger partial charge in [-0.25, -0.2) is 14.8 Å². The largest absolute Gasteiger partial charge is 0.444 e. The molecule has 2 rings (SSSR count). The summed E-state index contributed by atoms with van der Waals surface area (Å²) in [7, 11) is 3.00. The van der Waals surface area contributed by atoms with E-state index in [1.807, 2.05) is 20.8 Å². The van der Waals surface area contributed by atoms with Crippen LogP contribution in [0.15, 0.2) is 5.38 Å². The monoisotopic (exact) mass is 355 g/mol. The molecular formula is C16H25N3O4S. The van der Waals surface area contributed by atoms with Crippen LogP contribution in [0.4, 0.5) is 4.79 Å². The maximum absolute atomic E-state index is 12.1. The Morgan fingerprint density at radius 2 is 1.96 bits per heavy atom. The molecule has 1 aromatic rings. The number of hydrogen-bond acceptors (Lipinski definition) is 6. The third-order valence-corrected chi connectivity index (χ3v) is 4.80. The minimum atomic E-state index is -0.480. The van der Waals surface area contributed by atoms with Gasteiger partial charge in [-0.15, -0.1) is 11.3 Å². The van der Waals surface area contributed by atoms with E-state index in [1.165, 1.54) is 18.4 Å². The van der Waals surface area contributed by atoms with Crippen LogP contribution in [0.25, 0.3) is 0 Å². The number of thiazole rings is 1. The highest BCUT2D eigenvalue weighted by Gasteiger charge is 2.29. The van der Waals surface area contributed by atoms with Crippen LogP contribution in [0, 0.1) is 0 Å². The van der Waals surface area contributed by atoms with Gasteiger partial charge in [0.1, 0.15) is 11.3 Å². The lowest BCUT2D eigenvalue weighted by Crippen LogP contribution is -2.41. The SMILES string of the molecule is CON(C)C(=O)c1csc(C2CCN(C(=O)OC(C)(C)C)CC2)n1. The molecule has 0 N–H and O–H groups in total.